The second-order valence-electron chi connectivity index (χ2n) is 7.17. The molecule has 30 heavy (non-hydrogen) atoms. The number of piperazine rings is 1. The lowest BCUT2D eigenvalue weighted by molar-refractivity contribution is 0.0623. The van der Waals surface area contributed by atoms with Gasteiger partial charge in [-0.3, -0.25) is 9.69 Å². The normalized spacial score (nSPS) is 14.5. The maximum absolute atomic E-state index is 12.9. The van der Waals surface area contributed by atoms with E-state index in [1.54, 1.807) is 0 Å². The van der Waals surface area contributed by atoms with Gasteiger partial charge in [-0.05, 0) is 36.8 Å². The smallest absolute Gasteiger partial charge is 0.273 e. The van der Waals surface area contributed by atoms with Gasteiger partial charge in [0.1, 0.15) is 11.4 Å². The lowest BCUT2D eigenvalue weighted by Crippen LogP contribution is -2.48. The van der Waals surface area contributed by atoms with E-state index in [4.69, 9.17) is 4.74 Å². The maximum Gasteiger partial charge on any atom is 0.273 e. The predicted molar refractivity (Wildman–Crippen MR) is 121 cm³/mol. The molecule has 0 bridgehead atoms. The molecule has 1 saturated heterocycles. The molecule has 3 aromatic rings. The summed E-state index contributed by atoms with van der Waals surface area (Å²) in [6, 6.07) is 18.2. The molecule has 0 spiro atoms. The number of ether oxygens (including phenoxy) is 1. The van der Waals surface area contributed by atoms with Gasteiger partial charge in [-0.2, -0.15) is 0 Å². The number of thiazole rings is 1. The van der Waals surface area contributed by atoms with Gasteiger partial charge in [0.2, 0.25) is 0 Å². The zero-order valence-corrected chi connectivity index (χ0v) is 17.9. The Morgan fingerprint density at radius 1 is 1.07 bits per heavy atom. The third-order valence-electron chi connectivity index (χ3n) is 5.05. The van der Waals surface area contributed by atoms with Crippen LogP contribution in [0.3, 0.4) is 0 Å². The first-order valence-electron chi connectivity index (χ1n) is 10.2. The van der Waals surface area contributed by atoms with Crippen LogP contribution in [0.25, 0.3) is 0 Å². The van der Waals surface area contributed by atoms with Crippen molar-refractivity contribution in [3.05, 3.63) is 71.2 Å². The number of hydrogen-bond acceptors (Lipinski definition) is 6. The SMILES string of the molecule is CCOc1ccc(Nc2nc(C(=O)N3CCN(Cc4ccccc4)CC3)cs2)cc1. The van der Waals surface area contributed by atoms with Crippen molar-refractivity contribution in [1.29, 1.82) is 0 Å². The maximum atomic E-state index is 12.9. The number of rotatable bonds is 7. The average Bonchev–Trinajstić information content (AvgIpc) is 3.25. The number of nitrogens with zero attached hydrogens (tertiary/aromatic N) is 3. The number of amides is 1. The van der Waals surface area contributed by atoms with Crippen LogP contribution in [-0.2, 0) is 6.54 Å². The van der Waals surface area contributed by atoms with Gasteiger partial charge in [0.25, 0.3) is 5.91 Å². The Kier molecular flexibility index (Phi) is 6.61. The van der Waals surface area contributed by atoms with Crippen LogP contribution in [0.5, 0.6) is 5.75 Å². The number of carbonyl (C=O) groups excluding carboxylic acids is 1. The van der Waals surface area contributed by atoms with E-state index in [9.17, 15) is 4.79 Å². The summed E-state index contributed by atoms with van der Waals surface area (Å²) in [4.78, 5) is 21.6. The van der Waals surface area contributed by atoms with Gasteiger partial charge in [0.15, 0.2) is 5.13 Å². The molecule has 1 N–H and O–H groups in total. The third kappa shape index (κ3) is 5.17. The number of carbonyl (C=O) groups is 1. The van der Waals surface area contributed by atoms with Crippen LogP contribution in [0.1, 0.15) is 23.0 Å². The van der Waals surface area contributed by atoms with Crippen LogP contribution in [0, 0.1) is 0 Å². The van der Waals surface area contributed by atoms with Crippen LogP contribution in [0.4, 0.5) is 10.8 Å². The average molecular weight is 423 g/mol. The molecule has 1 fully saturated rings. The van der Waals surface area contributed by atoms with E-state index in [0.29, 0.717) is 17.4 Å². The second-order valence-corrected chi connectivity index (χ2v) is 8.03. The number of aromatic nitrogens is 1. The summed E-state index contributed by atoms with van der Waals surface area (Å²) in [6.45, 7) is 6.74. The predicted octanol–water partition coefficient (Wildman–Crippen LogP) is 4.24. The number of anilines is 2. The largest absolute Gasteiger partial charge is 0.494 e. The van der Waals surface area contributed by atoms with E-state index in [1.165, 1.54) is 16.9 Å². The van der Waals surface area contributed by atoms with E-state index in [0.717, 1.165) is 44.2 Å². The van der Waals surface area contributed by atoms with Crippen molar-refractivity contribution >= 4 is 28.1 Å². The van der Waals surface area contributed by atoms with Crippen molar-refractivity contribution in [2.75, 3.05) is 38.1 Å². The first kappa shape index (κ1) is 20.4. The highest BCUT2D eigenvalue weighted by Crippen LogP contribution is 2.24. The summed E-state index contributed by atoms with van der Waals surface area (Å²) < 4.78 is 5.46. The van der Waals surface area contributed by atoms with E-state index < -0.39 is 0 Å². The molecule has 0 saturated carbocycles. The Hall–Kier alpha value is -2.90. The molecule has 6 nitrogen and oxygen atoms in total. The molecule has 0 atom stereocenters. The Morgan fingerprint density at radius 3 is 2.50 bits per heavy atom. The van der Waals surface area contributed by atoms with E-state index in [1.807, 2.05) is 47.5 Å². The highest BCUT2D eigenvalue weighted by atomic mass is 32.1. The minimum Gasteiger partial charge on any atom is -0.494 e. The first-order chi connectivity index (χ1) is 14.7. The van der Waals surface area contributed by atoms with Crippen LogP contribution >= 0.6 is 11.3 Å². The van der Waals surface area contributed by atoms with Gasteiger partial charge in [0.05, 0.1) is 6.61 Å². The topological polar surface area (TPSA) is 57.7 Å². The Bertz CT molecular complexity index is 951. The van der Waals surface area contributed by atoms with Crippen molar-refractivity contribution in [2.24, 2.45) is 0 Å². The molecule has 7 heteroatoms. The molecule has 0 unspecified atom stereocenters. The Morgan fingerprint density at radius 2 is 1.80 bits per heavy atom. The zero-order chi connectivity index (χ0) is 20.8. The van der Waals surface area contributed by atoms with Crippen LogP contribution in [0.2, 0.25) is 0 Å². The van der Waals surface area contributed by atoms with E-state index in [2.05, 4.69) is 39.5 Å². The summed E-state index contributed by atoms with van der Waals surface area (Å²) in [5, 5.41) is 5.80. The summed E-state index contributed by atoms with van der Waals surface area (Å²) >= 11 is 1.44. The molecule has 2 heterocycles. The summed E-state index contributed by atoms with van der Waals surface area (Å²) in [5.41, 5.74) is 2.73. The third-order valence-corrected chi connectivity index (χ3v) is 5.81. The van der Waals surface area contributed by atoms with E-state index >= 15 is 0 Å². The lowest BCUT2D eigenvalue weighted by Gasteiger charge is -2.34. The van der Waals surface area contributed by atoms with Crippen LogP contribution in [-0.4, -0.2) is 53.5 Å². The first-order valence-corrected chi connectivity index (χ1v) is 11.1. The van der Waals surface area contributed by atoms with Crippen molar-refractivity contribution in [2.45, 2.75) is 13.5 Å². The standard InChI is InChI=1S/C23H26N4O2S/c1-2-29-20-10-8-19(9-11-20)24-23-25-21(17-30-23)22(28)27-14-12-26(13-15-27)16-18-6-4-3-5-7-18/h3-11,17H,2,12-16H2,1H3,(H,24,25). The number of hydrogen-bond donors (Lipinski definition) is 1. The van der Waals surface area contributed by atoms with Gasteiger partial charge < -0.3 is 15.0 Å². The second kappa shape index (κ2) is 9.73. The number of benzene rings is 2. The highest BCUT2D eigenvalue weighted by molar-refractivity contribution is 7.14. The number of nitrogens with one attached hydrogen (secondary N) is 1. The van der Waals surface area contributed by atoms with Crippen molar-refractivity contribution in [3.8, 4) is 5.75 Å². The molecule has 4 rings (SSSR count). The van der Waals surface area contributed by atoms with Crippen LogP contribution in [0.15, 0.2) is 60.0 Å². The van der Waals surface area contributed by atoms with E-state index in [-0.39, 0.29) is 5.91 Å². The van der Waals surface area contributed by atoms with Crippen molar-refractivity contribution < 1.29 is 9.53 Å². The molecular formula is C23H26N4O2S. The minimum absolute atomic E-state index is 0.00496. The molecule has 0 radical (unpaired) electrons. The van der Waals surface area contributed by atoms with Gasteiger partial charge in [-0.15, -0.1) is 11.3 Å². The highest BCUT2D eigenvalue weighted by Gasteiger charge is 2.24. The quantitative estimate of drug-likeness (QED) is 0.617. The van der Waals surface area contributed by atoms with Crippen molar-refractivity contribution in [1.82, 2.24) is 14.8 Å². The van der Waals surface area contributed by atoms with Crippen molar-refractivity contribution in [3.63, 3.8) is 0 Å². The Balaban J connectivity index is 1.30. The molecule has 1 aliphatic rings. The molecule has 1 aliphatic heterocycles. The summed E-state index contributed by atoms with van der Waals surface area (Å²) in [6.07, 6.45) is 0. The monoisotopic (exact) mass is 422 g/mol. The zero-order valence-electron chi connectivity index (χ0n) is 17.1. The minimum atomic E-state index is 0.00496. The van der Waals surface area contributed by atoms with Gasteiger partial charge >= 0.3 is 0 Å². The van der Waals surface area contributed by atoms with Gasteiger partial charge in [-0.1, -0.05) is 30.3 Å². The van der Waals surface area contributed by atoms with Gasteiger partial charge in [0, 0.05) is 43.8 Å². The fraction of sp³-hybridized carbons (Fsp3) is 0.304. The molecule has 156 valence electrons. The summed E-state index contributed by atoms with van der Waals surface area (Å²) in [5.74, 6) is 0.842. The fourth-order valence-corrected chi connectivity index (χ4v) is 4.17. The lowest BCUT2D eigenvalue weighted by atomic mass is 10.2. The molecule has 1 amide bonds. The van der Waals surface area contributed by atoms with Gasteiger partial charge in [-0.25, -0.2) is 4.98 Å². The molecule has 1 aromatic heterocycles. The molecule has 2 aromatic carbocycles. The molecular weight excluding hydrogens is 396 g/mol. The molecule has 0 aliphatic carbocycles. The van der Waals surface area contributed by atoms with Crippen LogP contribution < -0.4 is 10.1 Å². The summed E-state index contributed by atoms with van der Waals surface area (Å²) in [7, 11) is 0. The Labute approximate surface area is 181 Å². The fourth-order valence-electron chi connectivity index (χ4n) is 3.47.